The molecule has 81 heavy (non-hydrogen) atoms. The van der Waals surface area contributed by atoms with E-state index < -0.39 is 0 Å². The van der Waals surface area contributed by atoms with Crippen molar-refractivity contribution in [2.45, 2.75) is 257 Å². The normalized spacial score (nSPS) is 24.2. The zero-order valence-corrected chi connectivity index (χ0v) is 58.0. The molecule has 482 valence electrons. The number of piperidine rings is 4. The molecule has 8 nitrogen and oxygen atoms in total. The molecule has 1 aromatic carbocycles. The van der Waals surface area contributed by atoms with E-state index in [0.29, 0.717) is 0 Å². The van der Waals surface area contributed by atoms with Gasteiger partial charge in [0.2, 0.25) is 0 Å². The van der Waals surface area contributed by atoms with Gasteiger partial charge in [0, 0.05) is 53.2 Å². The molecule has 1 aromatic rings. The molecule has 6 heterocycles. The molecule has 0 radical (unpaired) electrons. The number of rotatable bonds is 14. The summed E-state index contributed by atoms with van der Waals surface area (Å²) in [5.41, 5.74) is 1.41. The molecule has 6 aliphatic heterocycles. The zero-order valence-electron chi connectivity index (χ0n) is 58.0. The van der Waals surface area contributed by atoms with E-state index in [0.717, 1.165) is 92.7 Å². The average molecular weight is 1140 g/mol. The number of nitrogens with zero attached hydrogens (tertiary/aromatic N) is 5. The molecular formula is C73H147N5O3. The van der Waals surface area contributed by atoms with Crippen molar-refractivity contribution in [1.29, 1.82) is 0 Å². The Kier molecular flexibility index (Phi) is 54.7. The summed E-state index contributed by atoms with van der Waals surface area (Å²) < 4.78 is 14.6. The van der Waals surface area contributed by atoms with Crippen LogP contribution in [-0.4, -0.2) is 163 Å². The van der Waals surface area contributed by atoms with E-state index in [1.54, 1.807) is 14.2 Å². The number of unbranched alkanes of at least 4 members (excludes halogenated alkanes) is 1. The minimum atomic E-state index is 0.875. The van der Waals surface area contributed by atoms with Crippen LogP contribution in [0.1, 0.15) is 250 Å². The number of aryl methyl sites for hydroxylation is 1. The number of likely N-dealkylation sites (tertiary alicyclic amines) is 5. The average Bonchev–Trinajstić information content (AvgIpc) is 4.06. The van der Waals surface area contributed by atoms with E-state index in [9.17, 15) is 0 Å². The third-order valence-electron chi connectivity index (χ3n) is 18.4. The highest BCUT2D eigenvalue weighted by molar-refractivity contribution is 5.13. The van der Waals surface area contributed by atoms with E-state index in [1.165, 1.54) is 232 Å². The Bertz CT molecular complexity index is 1330. The first kappa shape index (κ1) is 79.9. The van der Waals surface area contributed by atoms with Crippen molar-refractivity contribution in [1.82, 2.24) is 24.5 Å². The van der Waals surface area contributed by atoms with Crippen molar-refractivity contribution in [2.75, 3.05) is 133 Å². The maximum Gasteiger partial charge on any atom is 0.0495 e. The van der Waals surface area contributed by atoms with Crippen LogP contribution in [0.3, 0.4) is 0 Å². The summed E-state index contributed by atoms with van der Waals surface area (Å²) in [6, 6.07) is 11.5. The Hall–Kier alpha value is -1.10. The Labute approximate surface area is 509 Å². The molecule has 9 rings (SSSR count). The molecule has 8 heteroatoms. The van der Waals surface area contributed by atoms with Crippen LogP contribution < -0.4 is 0 Å². The first-order chi connectivity index (χ1) is 39.1. The van der Waals surface area contributed by atoms with E-state index in [4.69, 9.17) is 14.2 Å². The monoisotopic (exact) mass is 1140 g/mol. The molecule has 0 N–H and O–H groups in total. The van der Waals surface area contributed by atoms with E-state index in [1.807, 2.05) is 6.07 Å². The molecule has 0 bridgehead atoms. The van der Waals surface area contributed by atoms with Gasteiger partial charge in [0.25, 0.3) is 0 Å². The van der Waals surface area contributed by atoms with Crippen LogP contribution in [0.5, 0.6) is 0 Å². The van der Waals surface area contributed by atoms with Crippen LogP contribution in [0.15, 0.2) is 30.3 Å². The summed E-state index contributed by atoms with van der Waals surface area (Å²) in [6.45, 7) is 52.9. The highest BCUT2D eigenvalue weighted by Crippen LogP contribution is 2.31. The van der Waals surface area contributed by atoms with E-state index in [-0.39, 0.29) is 0 Å². The van der Waals surface area contributed by atoms with Crippen LogP contribution >= 0.6 is 0 Å². The van der Waals surface area contributed by atoms with Crippen LogP contribution in [0.2, 0.25) is 0 Å². The second-order valence-electron chi connectivity index (χ2n) is 26.6. The first-order valence-corrected chi connectivity index (χ1v) is 35.3. The van der Waals surface area contributed by atoms with E-state index >= 15 is 0 Å². The minimum absolute atomic E-state index is 0.875. The maximum atomic E-state index is 5.15. The molecule has 0 spiro atoms. The summed E-state index contributed by atoms with van der Waals surface area (Å²) in [7, 11) is 5.64. The summed E-state index contributed by atoms with van der Waals surface area (Å²) >= 11 is 0. The molecule has 8 fully saturated rings. The third-order valence-corrected chi connectivity index (χ3v) is 18.4. The van der Waals surface area contributed by atoms with Gasteiger partial charge in [-0.3, -0.25) is 0 Å². The Morgan fingerprint density at radius 1 is 0.444 bits per heavy atom. The summed E-state index contributed by atoms with van der Waals surface area (Å²) in [6.07, 6.45) is 33.0. The molecule has 2 saturated carbocycles. The second kappa shape index (κ2) is 55.5. The molecule has 2 atom stereocenters. The van der Waals surface area contributed by atoms with Gasteiger partial charge < -0.3 is 38.7 Å². The molecular weight excluding hydrogens is 995 g/mol. The molecule has 8 aliphatic rings. The Morgan fingerprint density at radius 3 is 1.23 bits per heavy atom. The van der Waals surface area contributed by atoms with Crippen molar-refractivity contribution >= 4 is 0 Å². The summed E-state index contributed by atoms with van der Waals surface area (Å²) in [5.74, 6) is 7.85. The largest absolute Gasteiger partial charge is 0.385 e. The first-order valence-electron chi connectivity index (χ1n) is 35.3. The lowest BCUT2D eigenvalue weighted by Gasteiger charge is -2.29. The highest BCUT2D eigenvalue weighted by Gasteiger charge is 2.30. The predicted octanol–water partition coefficient (Wildman–Crippen LogP) is 18.2. The predicted molar refractivity (Wildman–Crippen MR) is 360 cm³/mol. The van der Waals surface area contributed by atoms with Gasteiger partial charge in [0.15, 0.2) is 0 Å². The lowest BCUT2D eigenvalue weighted by molar-refractivity contribution is 0.184. The Morgan fingerprint density at radius 2 is 0.901 bits per heavy atom. The quantitative estimate of drug-likeness (QED) is 0.171. The fourth-order valence-electron chi connectivity index (χ4n) is 11.3. The van der Waals surface area contributed by atoms with Crippen molar-refractivity contribution in [2.24, 2.45) is 47.3 Å². The van der Waals surface area contributed by atoms with Crippen LogP contribution in [0.25, 0.3) is 0 Å². The van der Waals surface area contributed by atoms with Gasteiger partial charge in [-0.1, -0.05) is 172 Å². The van der Waals surface area contributed by atoms with Crippen molar-refractivity contribution in [3.8, 4) is 0 Å². The van der Waals surface area contributed by atoms with Crippen LogP contribution in [0.4, 0.5) is 0 Å². The van der Waals surface area contributed by atoms with Gasteiger partial charge in [-0.05, 0) is 248 Å². The topological polar surface area (TPSA) is 43.9 Å². The fraction of sp³-hybridized carbons (Fsp3) is 0.918. The molecule has 2 aliphatic carbocycles. The number of hydrogen-bond acceptors (Lipinski definition) is 8. The van der Waals surface area contributed by atoms with Crippen molar-refractivity contribution in [3.63, 3.8) is 0 Å². The van der Waals surface area contributed by atoms with Crippen LogP contribution in [-0.2, 0) is 20.6 Å². The molecule has 0 aromatic heterocycles. The summed E-state index contributed by atoms with van der Waals surface area (Å²) in [4.78, 5) is 12.8. The smallest absolute Gasteiger partial charge is 0.0495 e. The fourth-order valence-corrected chi connectivity index (χ4v) is 11.3. The van der Waals surface area contributed by atoms with Crippen molar-refractivity contribution in [3.05, 3.63) is 35.9 Å². The SMILES string of the molecule is CC1CCN(C)CC1.CC1CCN(C2CC2)CC1.CCC1CCC(C)CC1.CCC1CCOC1.CCCCOC.CCCN1CCC(C)CC1.CCCN1CC[C@@H](C)C1.CCCOC.CCN1CCC(C)CC1.CCc1ccccc1. The molecule has 1 unspecified atom stereocenters. The maximum absolute atomic E-state index is 5.15. The standard InChI is InChI=1S/C9H17N.C9H19N.C9H18.2C8H17N.C8H10.C7H15N.C6H12O.C5H12O.C4H10O/c1-8-4-6-10(7-5-8)9-2-3-9;1-3-6-10-7-4-9(2)5-8-10;2*1-3-9-6-4-8(2)5-7-9;1-3-5-9-6-4-8(2)7-9;1-2-8-6-4-3-5-7-8;1-7-3-5-8(2)6-4-7;1-2-6-3-4-7-5-6;1-3-4-5-6-2;1-3-4-5-2/h8-9H,2-7H2,1H3;9H,3-8H2,1-2H3;8-9H,3-7H2,1-2H3;2*8H,3-7H2,1-2H3;3-7H,2H2,1H3;7H,3-6H2,1-2H3;6H,2-5H2,1H3;3-5H2,1-2H3;3-4H2,1-2H3/t;;;;8-;;;;;/m....1...../s1. The zero-order chi connectivity index (χ0) is 60.3. The molecule has 6 saturated heterocycles. The lowest BCUT2D eigenvalue weighted by Crippen LogP contribution is -2.34. The van der Waals surface area contributed by atoms with Gasteiger partial charge in [0.1, 0.15) is 0 Å². The number of methoxy groups -OCH3 is 2. The van der Waals surface area contributed by atoms with Gasteiger partial charge in [-0.2, -0.15) is 0 Å². The minimum Gasteiger partial charge on any atom is -0.385 e. The van der Waals surface area contributed by atoms with Crippen molar-refractivity contribution < 1.29 is 14.2 Å². The lowest BCUT2D eigenvalue weighted by atomic mass is 9.82. The number of hydrogen-bond donors (Lipinski definition) is 0. The third kappa shape index (κ3) is 47.7. The Balaban J connectivity index is 0.000000883. The van der Waals surface area contributed by atoms with Gasteiger partial charge >= 0.3 is 0 Å². The van der Waals surface area contributed by atoms with Gasteiger partial charge in [-0.15, -0.1) is 0 Å². The second-order valence-corrected chi connectivity index (χ2v) is 26.6. The van der Waals surface area contributed by atoms with Crippen LogP contribution in [0, 0.1) is 47.3 Å². The highest BCUT2D eigenvalue weighted by atomic mass is 16.5. The number of benzene rings is 1. The summed E-state index contributed by atoms with van der Waals surface area (Å²) in [5, 5.41) is 0. The van der Waals surface area contributed by atoms with Gasteiger partial charge in [-0.25, -0.2) is 0 Å². The van der Waals surface area contributed by atoms with Gasteiger partial charge in [0.05, 0.1) is 0 Å². The van der Waals surface area contributed by atoms with E-state index in [2.05, 4.69) is 153 Å². The number of ether oxygens (including phenoxy) is 3. The molecule has 0 amide bonds.